The lowest BCUT2D eigenvalue weighted by Crippen LogP contribution is -2.65. The Morgan fingerprint density at radius 3 is 1.89 bits per heavy atom. The van der Waals surface area contributed by atoms with E-state index in [1.54, 1.807) is 0 Å². The molecule has 4 aliphatic rings. The van der Waals surface area contributed by atoms with Gasteiger partial charge in [-0.3, -0.25) is 0 Å². The van der Waals surface area contributed by atoms with E-state index in [0.717, 1.165) is 38.5 Å². The van der Waals surface area contributed by atoms with Gasteiger partial charge in [0.2, 0.25) is 0 Å². The SMILES string of the molecule is C=CCOC12CC3CC(Cl)(C1)CC(OCC=C)(C3)C2. The summed E-state index contributed by atoms with van der Waals surface area (Å²) in [5.41, 5.74) is -0.174. The molecule has 0 aliphatic heterocycles. The predicted octanol–water partition coefficient (Wildman–Crippen LogP) is 3.84. The van der Waals surface area contributed by atoms with Crippen LogP contribution < -0.4 is 0 Å². The molecule has 4 saturated carbocycles. The number of hydrogen-bond donors (Lipinski definition) is 0. The molecule has 4 bridgehead atoms. The van der Waals surface area contributed by atoms with Gasteiger partial charge in [-0.2, -0.15) is 0 Å². The van der Waals surface area contributed by atoms with Crippen molar-refractivity contribution < 1.29 is 9.47 Å². The smallest absolute Gasteiger partial charge is 0.0733 e. The molecule has 4 aliphatic carbocycles. The Balaban J connectivity index is 1.85. The van der Waals surface area contributed by atoms with E-state index >= 15 is 0 Å². The Morgan fingerprint density at radius 1 is 0.947 bits per heavy atom. The highest BCUT2D eigenvalue weighted by molar-refractivity contribution is 6.24. The highest BCUT2D eigenvalue weighted by Crippen LogP contribution is 2.63. The minimum atomic E-state index is -0.123. The van der Waals surface area contributed by atoms with Crippen molar-refractivity contribution in [2.24, 2.45) is 5.92 Å². The average Bonchev–Trinajstić information content (AvgIpc) is 2.31. The molecule has 3 heteroatoms. The third-order valence-electron chi connectivity index (χ3n) is 4.91. The van der Waals surface area contributed by atoms with Gasteiger partial charge in [0.05, 0.1) is 29.3 Å². The summed E-state index contributed by atoms with van der Waals surface area (Å²) in [7, 11) is 0. The van der Waals surface area contributed by atoms with Crippen molar-refractivity contribution in [1.82, 2.24) is 0 Å². The summed E-state index contributed by atoms with van der Waals surface area (Å²) in [4.78, 5) is -0.123. The first-order chi connectivity index (χ1) is 9.03. The highest BCUT2D eigenvalue weighted by Gasteiger charge is 2.64. The second kappa shape index (κ2) is 4.61. The molecule has 0 aromatic carbocycles. The van der Waals surface area contributed by atoms with Crippen LogP contribution in [0.4, 0.5) is 0 Å². The van der Waals surface area contributed by atoms with Crippen LogP contribution in [0.2, 0.25) is 0 Å². The van der Waals surface area contributed by atoms with E-state index in [9.17, 15) is 0 Å². The number of hydrogen-bond acceptors (Lipinski definition) is 2. The Morgan fingerprint density at radius 2 is 1.47 bits per heavy atom. The van der Waals surface area contributed by atoms with Crippen molar-refractivity contribution in [2.75, 3.05) is 13.2 Å². The first-order valence-corrected chi connectivity index (χ1v) is 7.59. The van der Waals surface area contributed by atoms with E-state index in [1.807, 2.05) is 12.2 Å². The number of ether oxygens (including phenoxy) is 2. The summed E-state index contributed by atoms with van der Waals surface area (Å²) in [6.07, 6.45) is 9.95. The molecule has 0 spiro atoms. The van der Waals surface area contributed by atoms with Crippen molar-refractivity contribution in [3.63, 3.8) is 0 Å². The molecule has 0 aromatic rings. The Kier molecular flexibility index (Phi) is 3.32. The van der Waals surface area contributed by atoms with Gasteiger partial charge in [-0.25, -0.2) is 0 Å². The molecule has 4 rings (SSSR count). The second-order valence-corrected chi connectivity index (χ2v) is 7.53. The normalized spacial score (nSPS) is 47.3. The average molecular weight is 283 g/mol. The first kappa shape index (κ1) is 13.7. The van der Waals surface area contributed by atoms with E-state index in [4.69, 9.17) is 21.1 Å². The van der Waals surface area contributed by atoms with Crippen LogP contribution in [-0.4, -0.2) is 29.3 Å². The van der Waals surface area contributed by atoms with Gasteiger partial charge in [0, 0.05) is 6.42 Å². The van der Waals surface area contributed by atoms with Gasteiger partial charge in [-0.15, -0.1) is 24.8 Å². The molecular weight excluding hydrogens is 260 g/mol. The number of alkyl halides is 1. The van der Waals surface area contributed by atoms with Gasteiger partial charge in [0.25, 0.3) is 0 Å². The van der Waals surface area contributed by atoms with Gasteiger partial charge in [0.15, 0.2) is 0 Å². The molecule has 0 N–H and O–H groups in total. The van der Waals surface area contributed by atoms with E-state index in [2.05, 4.69) is 13.2 Å². The van der Waals surface area contributed by atoms with Crippen molar-refractivity contribution in [3.8, 4) is 0 Å². The summed E-state index contributed by atoms with van der Waals surface area (Å²) in [5.74, 6) is 0.642. The van der Waals surface area contributed by atoms with Crippen molar-refractivity contribution in [3.05, 3.63) is 25.3 Å². The lowest BCUT2D eigenvalue weighted by atomic mass is 9.51. The van der Waals surface area contributed by atoms with Gasteiger partial charge < -0.3 is 9.47 Å². The van der Waals surface area contributed by atoms with Gasteiger partial charge in [-0.1, -0.05) is 12.2 Å². The maximum absolute atomic E-state index is 6.86. The summed E-state index contributed by atoms with van der Waals surface area (Å²) in [6.45, 7) is 8.74. The van der Waals surface area contributed by atoms with Crippen LogP contribution in [0.15, 0.2) is 25.3 Å². The lowest BCUT2D eigenvalue weighted by Gasteiger charge is -2.63. The van der Waals surface area contributed by atoms with Crippen LogP contribution in [0.25, 0.3) is 0 Å². The zero-order valence-electron chi connectivity index (χ0n) is 11.5. The Labute approximate surface area is 120 Å². The minimum absolute atomic E-state index is 0.0868. The first-order valence-electron chi connectivity index (χ1n) is 7.21. The molecule has 19 heavy (non-hydrogen) atoms. The third-order valence-corrected chi connectivity index (χ3v) is 5.33. The molecular formula is C16H23ClO2. The molecule has 106 valence electrons. The number of halogens is 1. The summed E-state index contributed by atoms with van der Waals surface area (Å²) >= 11 is 6.86. The Bertz CT molecular complexity index is 364. The monoisotopic (exact) mass is 282 g/mol. The maximum Gasteiger partial charge on any atom is 0.0733 e. The zero-order valence-corrected chi connectivity index (χ0v) is 12.3. The largest absolute Gasteiger partial charge is 0.371 e. The molecule has 2 atom stereocenters. The zero-order chi connectivity index (χ0) is 13.6. The maximum atomic E-state index is 6.86. The van der Waals surface area contributed by atoms with Crippen LogP contribution >= 0.6 is 11.6 Å². The van der Waals surface area contributed by atoms with Gasteiger partial charge in [0.1, 0.15) is 0 Å². The van der Waals surface area contributed by atoms with Crippen molar-refractivity contribution in [2.45, 2.75) is 54.6 Å². The molecule has 2 nitrogen and oxygen atoms in total. The van der Waals surface area contributed by atoms with E-state index in [1.165, 1.54) is 0 Å². The lowest BCUT2D eigenvalue weighted by molar-refractivity contribution is -0.224. The minimum Gasteiger partial charge on any atom is -0.371 e. The van der Waals surface area contributed by atoms with Crippen LogP contribution in [-0.2, 0) is 9.47 Å². The topological polar surface area (TPSA) is 18.5 Å². The number of rotatable bonds is 6. The second-order valence-electron chi connectivity index (χ2n) is 6.73. The fourth-order valence-electron chi connectivity index (χ4n) is 4.94. The van der Waals surface area contributed by atoms with Crippen LogP contribution in [0.5, 0.6) is 0 Å². The molecule has 0 heterocycles. The predicted molar refractivity (Wildman–Crippen MR) is 77.5 cm³/mol. The summed E-state index contributed by atoms with van der Waals surface area (Å²) < 4.78 is 12.3. The quantitative estimate of drug-likeness (QED) is 0.544. The Hall–Kier alpha value is -0.310. The van der Waals surface area contributed by atoms with Crippen LogP contribution in [0.1, 0.15) is 38.5 Å². The van der Waals surface area contributed by atoms with Crippen molar-refractivity contribution in [1.29, 1.82) is 0 Å². The fraction of sp³-hybridized carbons (Fsp3) is 0.750. The molecule has 0 saturated heterocycles. The van der Waals surface area contributed by atoms with Gasteiger partial charge in [-0.05, 0) is 38.0 Å². The third kappa shape index (κ3) is 2.39. The molecule has 0 amide bonds. The standard InChI is InChI=1S/C16H23ClO2/c1-3-5-18-15-8-13-7-14(17,10-15)11-16(9-13,12-15)19-6-4-2/h3-4,13H,1-2,5-12H2. The fourth-order valence-corrected chi connectivity index (χ4v) is 5.65. The summed E-state index contributed by atoms with van der Waals surface area (Å²) in [6, 6.07) is 0. The van der Waals surface area contributed by atoms with Crippen LogP contribution in [0.3, 0.4) is 0 Å². The summed E-state index contributed by atoms with van der Waals surface area (Å²) in [5, 5.41) is 0. The van der Waals surface area contributed by atoms with E-state index in [0.29, 0.717) is 19.1 Å². The highest BCUT2D eigenvalue weighted by atomic mass is 35.5. The van der Waals surface area contributed by atoms with E-state index in [-0.39, 0.29) is 16.1 Å². The van der Waals surface area contributed by atoms with Gasteiger partial charge >= 0.3 is 0 Å². The van der Waals surface area contributed by atoms with E-state index < -0.39 is 0 Å². The van der Waals surface area contributed by atoms with Crippen molar-refractivity contribution >= 4 is 11.6 Å². The molecule has 4 fully saturated rings. The molecule has 2 unspecified atom stereocenters. The van der Waals surface area contributed by atoms with Crippen LogP contribution in [0, 0.1) is 5.92 Å². The molecule has 0 aromatic heterocycles. The molecule has 0 radical (unpaired) electrons.